The molecule has 0 radical (unpaired) electrons. The van der Waals surface area contributed by atoms with E-state index in [9.17, 15) is 9.59 Å². The van der Waals surface area contributed by atoms with Gasteiger partial charge in [-0.2, -0.15) is 0 Å². The van der Waals surface area contributed by atoms with Crippen molar-refractivity contribution in [3.63, 3.8) is 0 Å². The highest BCUT2D eigenvalue weighted by Crippen LogP contribution is 2.27. The normalized spacial score (nSPS) is 12.7. The van der Waals surface area contributed by atoms with E-state index in [1.807, 2.05) is 38.1 Å². The summed E-state index contributed by atoms with van der Waals surface area (Å²) >= 11 is 0. The van der Waals surface area contributed by atoms with Gasteiger partial charge in [0.1, 0.15) is 0 Å². The molecule has 0 fully saturated rings. The van der Waals surface area contributed by atoms with Crippen molar-refractivity contribution in [3.8, 4) is 0 Å². The molecule has 2 N–H and O–H groups in total. The molecule has 0 aliphatic carbocycles. The van der Waals surface area contributed by atoms with Gasteiger partial charge in [0.15, 0.2) is 0 Å². The third-order valence-corrected chi connectivity index (χ3v) is 3.64. The van der Waals surface area contributed by atoms with E-state index in [2.05, 4.69) is 52.2 Å². The zero-order valence-electron chi connectivity index (χ0n) is 16.3. The summed E-state index contributed by atoms with van der Waals surface area (Å²) in [6.45, 7) is 16.6. The molecule has 1 rings (SSSR count). The Morgan fingerprint density at radius 1 is 0.833 bits per heavy atom. The molecule has 0 bridgehead atoms. The van der Waals surface area contributed by atoms with Crippen molar-refractivity contribution < 1.29 is 9.59 Å². The smallest absolute Gasteiger partial charge is 0.313 e. The molecule has 24 heavy (non-hydrogen) atoms. The van der Waals surface area contributed by atoms with Crippen molar-refractivity contribution in [1.82, 2.24) is 5.32 Å². The molecule has 4 nitrogen and oxygen atoms in total. The van der Waals surface area contributed by atoms with Crippen molar-refractivity contribution in [3.05, 3.63) is 29.8 Å². The summed E-state index contributed by atoms with van der Waals surface area (Å²) in [7, 11) is 0. The lowest BCUT2D eigenvalue weighted by atomic mass is 9.82. The summed E-state index contributed by atoms with van der Waals surface area (Å²) in [5.74, 6) is -1.25. The van der Waals surface area contributed by atoms with Gasteiger partial charge >= 0.3 is 11.8 Å². The van der Waals surface area contributed by atoms with Crippen LogP contribution in [0.4, 0.5) is 5.69 Å². The molecule has 0 aliphatic heterocycles. The van der Waals surface area contributed by atoms with Crippen LogP contribution < -0.4 is 10.6 Å². The Balaban J connectivity index is 2.69. The molecule has 134 valence electrons. The average Bonchev–Trinajstić information content (AvgIpc) is 2.34. The van der Waals surface area contributed by atoms with Gasteiger partial charge < -0.3 is 10.6 Å². The first-order valence-corrected chi connectivity index (χ1v) is 8.44. The van der Waals surface area contributed by atoms with E-state index in [0.717, 1.165) is 6.42 Å². The number of carbonyl (C=O) groups is 2. The van der Waals surface area contributed by atoms with Crippen LogP contribution in [-0.2, 0) is 15.0 Å². The number of hydrogen-bond donors (Lipinski definition) is 2. The molecular formula is C20H32N2O2. The lowest BCUT2D eigenvalue weighted by Gasteiger charge is -2.33. The van der Waals surface area contributed by atoms with Gasteiger partial charge in [-0.25, -0.2) is 0 Å². The first-order valence-electron chi connectivity index (χ1n) is 8.44. The van der Waals surface area contributed by atoms with Gasteiger partial charge in [-0.1, -0.05) is 53.7 Å². The fourth-order valence-electron chi connectivity index (χ4n) is 2.98. The molecule has 4 heteroatoms. The topological polar surface area (TPSA) is 58.2 Å². The van der Waals surface area contributed by atoms with Crippen molar-refractivity contribution in [1.29, 1.82) is 0 Å². The minimum absolute atomic E-state index is 0.0525. The third-order valence-electron chi connectivity index (χ3n) is 3.64. The van der Waals surface area contributed by atoms with Gasteiger partial charge in [-0.3, -0.25) is 9.59 Å². The molecule has 1 aromatic carbocycles. The second kappa shape index (κ2) is 6.96. The average molecular weight is 332 g/mol. The summed E-state index contributed by atoms with van der Waals surface area (Å²) < 4.78 is 0. The SMILES string of the molecule is CC(C)(C)CC(C)(C)NC(=O)C(=O)Nc1ccc(C(C)(C)C)cc1. The summed E-state index contributed by atoms with van der Waals surface area (Å²) in [6, 6.07) is 7.59. The van der Waals surface area contributed by atoms with Gasteiger partial charge in [-0.15, -0.1) is 0 Å². The van der Waals surface area contributed by atoms with E-state index in [1.54, 1.807) is 0 Å². The van der Waals surface area contributed by atoms with Crippen LogP contribution >= 0.6 is 0 Å². The Hall–Kier alpha value is -1.84. The predicted molar refractivity (Wildman–Crippen MR) is 100 cm³/mol. The second-order valence-corrected chi connectivity index (χ2v) is 9.36. The predicted octanol–water partition coefficient (Wildman–Crippen LogP) is 4.25. The van der Waals surface area contributed by atoms with E-state index in [-0.39, 0.29) is 10.8 Å². The molecule has 0 saturated carbocycles. The van der Waals surface area contributed by atoms with Crippen LogP contribution in [0.15, 0.2) is 24.3 Å². The van der Waals surface area contributed by atoms with Crippen molar-refractivity contribution in [2.24, 2.45) is 5.41 Å². The van der Waals surface area contributed by atoms with Crippen LogP contribution in [0, 0.1) is 5.41 Å². The maximum Gasteiger partial charge on any atom is 0.313 e. The van der Waals surface area contributed by atoms with Crippen molar-refractivity contribution in [2.45, 2.75) is 72.8 Å². The van der Waals surface area contributed by atoms with Crippen LogP contribution in [0.2, 0.25) is 0 Å². The quantitative estimate of drug-likeness (QED) is 0.813. The fourth-order valence-corrected chi connectivity index (χ4v) is 2.98. The second-order valence-electron chi connectivity index (χ2n) is 9.36. The molecule has 0 saturated heterocycles. The summed E-state index contributed by atoms with van der Waals surface area (Å²) in [5, 5.41) is 5.47. The fraction of sp³-hybridized carbons (Fsp3) is 0.600. The Morgan fingerprint density at radius 3 is 1.75 bits per heavy atom. The van der Waals surface area contributed by atoms with E-state index in [1.165, 1.54) is 5.56 Å². The number of hydrogen-bond acceptors (Lipinski definition) is 2. The summed E-state index contributed by atoms with van der Waals surface area (Å²) in [4.78, 5) is 24.3. The maximum absolute atomic E-state index is 12.2. The van der Waals surface area contributed by atoms with Gasteiger partial charge in [0.2, 0.25) is 0 Å². The number of nitrogens with one attached hydrogen (secondary N) is 2. The van der Waals surface area contributed by atoms with E-state index in [4.69, 9.17) is 0 Å². The van der Waals surface area contributed by atoms with E-state index >= 15 is 0 Å². The van der Waals surface area contributed by atoms with Crippen molar-refractivity contribution >= 4 is 17.5 Å². The van der Waals surface area contributed by atoms with E-state index in [0.29, 0.717) is 5.69 Å². The molecule has 0 spiro atoms. The summed E-state index contributed by atoms with van der Waals surface area (Å²) in [6.07, 6.45) is 0.777. The largest absolute Gasteiger partial charge is 0.343 e. The lowest BCUT2D eigenvalue weighted by molar-refractivity contribution is -0.137. The van der Waals surface area contributed by atoms with Crippen LogP contribution in [0.5, 0.6) is 0 Å². The molecule has 2 amide bonds. The number of amides is 2. The molecule has 0 aliphatic rings. The van der Waals surface area contributed by atoms with Gasteiger partial charge in [-0.05, 0) is 48.8 Å². The number of carbonyl (C=O) groups excluding carboxylic acids is 2. The van der Waals surface area contributed by atoms with Gasteiger partial charge in [0, 0.05) is 11.2 Å². The standard InChI is InChI=1S/C20H32N2O2/c1-18(2,3)13-20(7,8)22-17(24)16(23)21-15-11-9-14(10-12-15)19(4,5)6/h9-12H,13H2,1-8H3,(H,21,23)(H,22,24). The zero-order valence-corrected chi connectivity index (χ0v) is 16.3. The van der Waals surface area contributed by atoms with Crippen LogP contribution in [0.3, 0.4) is 0 Å². The number of rotatable bonds is 3. The maximum atomic E-state index is 12.2. The minimum Gasteiger partial charge on any atom is -0.343 e. The minimum atomic E-state index is -0.638. The Labute approximate surface area is 146 Å². The lowest BCUT2D eigenvalue weighted by Crippen LogP contribution is -2.49. The zero-order chi connectivity index (χ0) is 18.8. The Morgan fingerprint density at radius 2 is 1.33 bits per heavy atom. The molecule has 0 unspecified atom stereocenters. The monoisotopic (exact) mass is 332 g/mol. The van der Waals surface area contributed by atoms with Gasteiger partial charge in [0.05, 0.1) is 0 Å². The molecule has 0 aromatic heterocycles. The van der Waals surface area contributed by atoms with Crippen LogP contribution in [0.25, 0.3) is 0 Å². The highest BCUT2D eigenvalue weighted by Gasteiger charge is 2.29. The molecule has 1 aromatic rings. The first kappa shape index (κ1) is 20.2. The third kappa shape index (κ3) is 6.73. The Kier molecular flexibility index (Phi) is 5.86. The van der Waals surface area contributed by atoms with E-state index < -0.39 is 17.4 Å². The van der Waals surface area contributed by atoms with Gasteiger partial charge in [0.25, 0.3) is 0 Å². The molecule has 0 heterocycles. The highest BCUT2D eigenvalue weighted by molar-refractivity contribution is 6.39. The molecule has 0 atom stereocenters. The first-order chi connectivity index (χ1) is 10.7. The van der Waals surface area contributed by atoms with Crippen molar-refractivity contribution in [2.75, 3.05) is 5.32 Å². The highest BCUT2D eigenvalue weighted by atomic mass is 16.2. The van der Waals surface area contributed by atoms with Crippen LogP contribution in [-0.4, -0.2) is 17.4 Å². The molecular weight excluding hydrogens is 300 g/mol. The Bertz CT molecular complexity index is 588. The number of anilines is 1. The summed E-state index contributed by atoms with van der Waals surface area (Å²) in [5.41, 5.74) is 1.48. The van der Waals surface area contributed by atoms with Crippen LogP contribution in [0.1, 0.15) is 67.4 Å². The number of benzene rings is 1.